The zero-order valence-corrected chi connectivity index (χ0v) is 22.6. The molecule has 202 valence electrons. The highest BCUT2D eigenvalue weighted by atomic mass is 16.5. The summed E-state index contributed by atoms with van der Waals surface area (Å²) in [5.74, 6) is 0.738. The number of carbonyl (C=O) groups is 2. The largest absolute Gasteiger partial charge is 0.497 e. The van der Waals surface area contributed by atoms with E-state index in [1.54, 1.807) is 50.6 Å². The van der Waals surface area contributed by atoms with Gasteiger partial charge < -0.3 is 19.1 Å². The minimum Gasteiger partial charge on any atom is -0.497 e. The van der Waals surface area contributed by atoms with Gasteiger partial charge in [0.25, 0.3) is 11.8 Å². The van der Waals surface area contributed by atoms with Crippen LogP contribution in [0, 0.1) is 0 Å². The Hall–Kier alpha value is -5.04. The molecule has 0 saturated heterocycles. The van der Waals surface area contributed by atoms with Crippen LogP contribution in [0.2, 0.25) is 0 Å². The molecule has 0 spiro atoms. The van der Waals surface area contributed by atoms with E-state index in [2.05, 4.69) is 5.32 Å². The van der Waals surface area contributed by atoms with E-state index >= 15 is 0 Å². The highest BCUT2D eigenvalue weighted by Gasteiger charge is 2.32. The number of para-hydroxylation sites is 1. The van der Waals surface area contributed by atoms with Crippen molar-refractivity contribution >= 4 is 17.4 Å². The highest BCUT2D eigenvalue weighted by Crippen LogP contribution is 2.38. The molecule has 0 bridgehead atoms. The molecule has 5 rings (SSSR count). The molecule has 0 aliphatic carbocycles. The second-order valence-corrected chi connectivity index (χ2v) is 9.37. The van der Waals surface area contributed by atoms with Crippen molar-refractivity contribution in [2.45, 2.75) is 12.6 Å². The molecular formula is C33H30N2O5. The van der Waals surface area contributed by atoms with Crippen molar-refractivity contribution in [2.75, 3.05) is 21.3 Å². The average Bonchev–Trinajstić information content (AvgIpc) is 2.99. The van der Waals surface area contributed by atoms with Gasteiger partial charge in [0.05, 0.1) is 14.2 Å². The molecule has 7 nitrogen and oxygen atoms in total. The second-order valence-electron chi connectivity index (χ2n) is 9.37. The maximum Gasteiger partial charge on any atom is 0.274 e. The van der Waals surface area contributed by atoms with Gasteiger partial charge >= 0.3 is 0 Å². The molecule has 1 heterocycles. The summed E-state index contributed by atoms with van der Waals surface area (Å²) in [5.41, 5.74) is 4.47. The predicted octanol–water partition coefficient (Wildman–Crippen LogP) is 5.37. The smallest absolute Gasteiger partial charge is 0.274 e. The van der Waals surface area contributed by atoms with E-state index in [4.69, 9.17) is 14.2 Å². The van der Waals surface area contributed by atoms with Crippen LogP contribution in [0.15, 0.2) is 109 Å². The molecule has 40 heavy (non-hydrogen) atoms. The van der Waals surface area contributed by atoms with Crippen molar-refractivity contribution in [3.8, 4) is 17.2 Å². The minimum atomic E-state index is -1.07. The molecule has 1 unspecified atom stereocenters. The summed E-state index contributed by atoms with van der Waals surface area (Å²) in [6.45, 7) is 0.495. The standard InChI is InChI=1S/C33H30N2O5/c1-35-21-24-16-19-27(39-3)20-28(24)29(22-10-6-4-7-11-22)30(35)32(36)34-33(37)31(40-26-12-8-5-9-13-26)23-14-17-25(38-2)18-15-23/h4-20,31H,21H2,1-3H3,(H,34,36,37). The molecule has 0 aromatic heterocycles. The van der Waals surface area contributed by atoms with Gasteiger partial charge in [-0.3, -0.25) is 14.9 Å². The number of benzene rings is 4. The molecule has 1 aliphatic heterocycles. The maximum atomic E-state index is 13.9. The lowest BCUT2D eigenvalue weighted by atomic mass is 9.88. The number of nitrogens with one attached hydrogen (secondary N) is 1. The van der Waals surface area contributed by atoms with Crippen molar-refractivity contribution in [3.63, 3.8) is 0 Å². The van der Waals surface area contributed by atoms with Crippen LogP contribution in [0.4, 0.5) is 0 Å². The highest BCUT2D eigenvalue weighted by molar-refractivity contribution is 6.11. The van der Waals surface area contributed by atoms with Gasteiger partial charge in [-0.2, -0.15) is 0 Å². The first-order chi connectivity index (χ1) is 19.5. The fraction of sp³-hybridized carbons (Fsp3) is 0.152. The summed E-state index contributed by atoms with van der Waals surface area (Å²) >= 11 is 0. The van der Waals surface area contributed by atoms with Crippen LogP contribution < -0.4 is 19.5 Å². The lowest BCUT2D eigenvalue weighted by Crippen LogP contribution is -2.42. The molecule has 4 aromatic carbocycles. The number of rotatable bonds is 8. The Bertz CT molecular complexity index is 1530. The van der Waals surface area contributed by atoms with Gasteiger partial charge in [-0.15, -0.1) is 0 Å². The van der Waals surface area contributed by atoms with Crippen LogP contribution in [-0.2, 0) is 16.1 Å². The lowest BCUT2D eigenvalue weighted by molar-refractivity contribution is -0.134. The number of methoxy groups -OCH3 is 2. The molecule has 1 atom stereocenters. The number of nitrogens with zero attached hydrogens (tertiary/aromatic N) is 1. The normalized spacial score (nSPS) is 13.2. The van der Waals surface area contributed by atoms with E-state index in [9.17, 15) is 9.59 Å². The first kappa shape index (κ1) is 26.6. The molecule has 0 saturated carbocycles. The number of amides is 2. The average molecular weight is 535 g/mol. The maximum absolute atomic E-state index is 13.9. The Labute approximate surface area is 233 Å². The van der Waals surface area contributed by atoms with Gasteiger partial charge in [-0.25, -0.2) is 0 Å². The SMILES string of the molecule is COc1ccc(C(Oc2ccccc2)C(=O)NC(=O)C2=C(c3ccccc3)c3cc(OC)ccc3CN2C)cc1. The van der Waals surface area contributed by atoms with Crippen LogP contribution >= 0.6 is 0 Å². The Balaban J connectivity index is 1.54. The van der Waals surface area contributed by atoms with Gasteiger partial charge in [0.15, 0.2) is 0 Å². The third-order valence-electron chi connectivity index (χ3n) is 6.78. The summed E-state index contributed by atoms with van der Waals surface area (Å²) in [6, 6.07) is 31.5. The fourth-order valence-corrected chi connectivity index (χ4v) is 4.81. The van der Waals surface area contributed by atoms with Crippen LogP contribution in [0.1, 0.15) is 28.4 Å². The monoisotopic (exact) mass is 534 g/mol. The van der Waals surface area contributed by atoms with Gasteiger partial charge in [0.1, 0.15) is 22.9 Å². The number of carbonyl (C=O) groups excluding carboxylic acids is 2. The van der Waals surface area contributed by atoms with Crippen LogP contribution in [-0.4, -0.2) is 38.0 Å². The summed E-state index contributed by atoms with van der Waals surface area (Å²) in [4.78, 5) is 29.5. The number of ether oxygens (including phenoxy) is 3. The van der Waals surface area contributed by atoms with E-state index in [1.165, 1.54) is 0 Å². The van der Waals surface area contributed by atoms with Crippen LogP contribution in [0.3, 0.4) is 0 Å². The fourth-order valence-electron chi connectivity index (χ4n) is 4.81. The van der Waals surface area contributed by atoms with E-state index in [-0.39, 0.29) is 0 Å². The quantitative estimate of drug-likeness (QED) is 0.328. The Morgan fingerprint density at radius 2 is 1.40 bits per heavy atom. The van der Waals surface area contributed by atoms with Crippen LogP contribution in [0.25, 0.3) is 5.57 Å². The third kappa shape index (κ3) is 5.54. The van der Waals surface area contributed by atoms with Gasteiger partial charge in [-0.1, -0.05) is 66.7 Å². The van der Waals surface area contributed by atoms with Gasteiger partial charge in [-0.05, 0) is 53.1 Å². The van der Waals surface area contributed by atoms with E-state index in [0.29, 0.717) is 35.1 Å². The van der Waals surface area contributed by atoms with Crippen molar-refractivity contribution in [1.82, 2.24) is 10.2 Å². The zero-order valence-electron chi connectivity index (χ0n) is 22.6. The Kier molecular flexibility index (Phi) is 7.82. The first-order valence-electron chi connectivity index (χ1n) is 12.9. The number of hydrogen-bond acceptors (Lipinski definition) is 6. The molecule has 4 aromatic rings. The summed E-state index contributed by atoms with van der Waals surface area (Å²) in [7, 11) is 5.03. The summed E-state index contributed by atoms with van der Waals surface area (Å²) < 4.78 is 16.9. The zero-order chi connectivity index (χ0) is 28.1. The van der Waals surface area contributed by atoms with Crippen molar-refractivity contribution < 1.29 is 23.8 Å². The van der Waals surface area contributed by atoms with Gasteiger partial charge in [0, 0.05) is 24.7 Å². The first-order valence-corrected chi connectivity index (χ1v) is 12.9. The van der Waals surface area contributed by atoms with E-state index < -0.39 is 17.9 Å². The predicted molar refractivity (Wildman–Crippen MR) is 153 cm³/mol. The van der Waals surface area contributed by atoms with Crippen molar-refractivity contribution in [3.05, 3.63) is 131 Å². The topological polar surface area (TPSA) is 77.1 Å². The number of imide groups is 1. The Morgan fingerprint density at radius 1 is 0.775 bits per heavy atom. The summed E-state index contributed by atoms with van der Waals surface area (Å²) in [5, 5.41) is 2.62. The minimum absolute atomic E-state index is 0.383. The number of hydrogen-bond donors (Lipinski definition) is 1. The van der Waals surface area contributed by atoms with Crippen molar-refractivity contribution in [2.24, 2.45) is 0 Å². The number of likely N-dealkylation sites (N-methyl/N-ethyl adjacent to an activating group) is 1. The molecular weight excluding hydrogens is 504 g/mol. The summed E-state index contributed by atoms with van der Waals surface area (Å²) in [6.07, 6.45) is -1.07. The van der Waals surface area contributed by atoms with E-state index in [0.717, 1.165) is 22.3 Å². The molecule has 1 aliphatic rings. The Morgan fingerprint density at radius 3 is 2.05 bits per heavy atom. The number of fused-ring (bicyclic) bond motifs is 1. The van der Waals surface area contributed by atoms with Gasteiger partial charge in [0.2, 0.25) is 6.10 Å². The molecule has 1 N–H and O–H groups in total. The molecule has 7 heteroatoms. The third-order valence-corrected chi connectivity index (χ3v) is 6.78. The molecule has 2 amide bonds. The molecule has 0 radical (unpaired) electrons. The second kappa shape index (κ2) is 11.8. The molecule has 0 fully saturated rings. The van der Waals surface area contributed by atoms with E-state index in [1.807, 2.05) is 78.7 Å². The van der Waals surface area contributed by atoms with Crippen molar-refractivity contribution in [1.29, 1.82) is 0 Å². The lowest BCUT2D eigenvalue weighted by Gasteiger charge is -2.32. The van der Waals surface area contributed by atoms with Crippen LogP contribution in [0.5, 0.6) is 17.2 Å².